The third kappa shape index (κ3) is 3.07. The van der Waals surface area contributed by atoms with Crippen LogP contribution in [0.2, 0.25) is 0 Å². The average Bonchev–Trinajstić information content (AvgIpc) is 2.85. The Morgan fingerprint density at radius 1 is 1.43 bits per heavy atom. The molecule has 1 aromatic heterocycles. The highest BCUT2D eigenvalue weighted by atomic mass is 32.1. The normalized spacial score (nSPS) is 9.95. The van der Waals surface area contributed by atoms with Crippen LogP contribution in [0, 0.1) is 18.3 Å². The summed E-state index contributed by atoms with van der Waals surface area (Å²) in [6, 6.07) is 7.13. The van der Waals surface area contributed by atoms with Crippen molar-refractivity contribution in [1.82, 2.24) is 4.98 Å². The fraction of sp³-hybridized carbons (Fsp3) is 0.143. The maximum atomic E-state index is 11.4. The van der Waals surface area contributed by atoms with Gasteiger partial charge >= 0.3 is 5.97 Å². The van der Waals surface area contributed by atoms with Gasteiger partial charge in [0.05, 0.1) is 11.6 Å². The van der Waals surface area contributed by atoms with Gasteiger partial charge in [0, 0.05) is 12.6 Å². The van der Waals surface area contributed by atoms with Gasteiger partial charge in [0.1, 0.15) is 4.88 Å². The molecule has 0 fully saturated rings. The average molecular weight is 301 g/mol. The number of aromatic nitrogens is 1. The van der Waals surface area contributed by atoms with E-state index in [-0.39, 0.29) is 16.4 Å². The molecule has 1 aromatic carbocycles. The summed E-state index contributed by atoms with van der Waals surface area (Å²) in [6.45, 7) is 3.15. The van der Waals surface area contributed by atoms with Gasteiger partial charge < -0.3 is 10.4 Å². The molecular formula is C14H11N3O3S. The Balaban J connectivity index is 2.41. The first-order valence-corrected chi connectivity index (χ1v) is 6.77. The van der Waals surface area contributed by atoms with E-state index in [1.807, 2.05) is 13.0 Å². The lowest BCUT2D eigenvalue weighted by Gasteiger charge is -2.06. The number of rotatable bonds is 4. The molecule has 0 aliphatic rings. The van der Waals surface area contributed by atoms with Crippen LogP contribution in [-0.4, -0.2) is 21.8 Å². The highest BCUT2D eigenvalue weighted by Crippen LogP contribution is 2.28. The number of benzene rings is 1. The molecule has 2 rings (SSSR count). The number of ketones is 1. The molecule has 0 spiro atoms. The van der Waals surface area contributed by atoms with Crippen LogP contribution in [0.1, 0.15) is 38.2 Å². The number of nitriles is 1. The molecule has 0 atom stereocenters. The predicted octanol–water partition coefficient (Wildman–Crippen LogP) is 2.97. The number of anilines is 2. The second kappa shape index (κ2) is 5.73. The van der Waals surface area contributed by atoms with E-state index in [0.717, 1.165) is 16.9 Å². The molecular weight excluding hydrogens is 290 g/mol. The van der Waals surface area contributed by atoms with Gasteiger partial charge in [-0.15, -0.1) is 0 Å². The number of hydrogen-bond acceptors (Lipinski definition) is 6. The summed E-state index contributed by atoms with van der Waals surface area (Å²) in [5.74, 6) is -1.59. The van der Waals surface area contributed by atoms with Gasteiger partial charge in [-0.2, -0.15) is 5.26 Å². The summed E-state index contributed by atoms with van der Waals surface area (Å²) in [5.41, 5.74) is 1.74. The number of carboxylic acids is 1. The number of nitrogens with one attached hydrogen (secondary N) is 1. The van der Waals surface area contributed by atoms with Gasteiger partial charge in [0.15, 0.2) is 16.6 Å². The first-order valence-electron chi connectivity index (χ1n) is 5.95. The molecule has 0 unspecified atom stereocenters. The van der Waals surface area contributed by atoms with Crippen molar-refractivity contribution in [3.8, 4) is 6.07 Å². The van der Waals surface area contributed by atoms with E-state index < -0.39 is 5.97 Å². The Bertz CT molecular complexity index is 743. The van der Waals surface area contributed by atoms with E-state index in [1.54, 1.807) is 18.2 Å². The van der Waals surface area contributed by atoms with Gasteiger partial charge in [0.2, 0.25) is 0 Å². The summed E-state index contributed by atoms with van der Waals surface area (Å²) in [5, 5.41) is 21.2. The monoisotopic (exact) mass is 301 g/mol. The van der Waals surface area contributed by atoms with Crippen LogP contribution in [0.25, 0.3) is 0 Å². The van der Waals surface area contributed by atoms with Gasteiger partial charge in [-0.1, -0.05) is 17.4 Å². The minimum absolute atomic E-state index is 0.0964. The summed E-state index contributed by atoms with van der Waals surface area (Å²) in [6.07, 6.45) is 0. The Kier molecular flexibility index (Phi) is 4.00. The highest BCUT2D eigenvalue weighted by Gasteiger charge is 2.20. The molecule has 21 heavy (non-hydrogen) atoms. The molecule has 2 aromatic rings. The molecule has 0 aliphatic heterocycles. The van der Waals surface area contributed by atoms with Gasteiger partial charge in [-0.3, -0.25) is 4.79 Å². The predicted molar refractivity (Wildman–Crippen MR) is 78.3 cm³/mol. The maximum Gasteiger partial charge on any atom is 0.356 e. The lowest BCUT2D eigenvalue weighted by Crippen LogP contribution is -2.03. The number of carbonyl (C=O) groups is 2. The van der Waals surface area contributed by atoms with E-state index in [0.29, 0.717) is 16.4 Å². The van der Waals surface area contributed by atoms with Crippen LogP contribution >= 0.6 is 11.3 Å². The molecule has 2 N–H and O–H groups in total. The third-order valence-electron chi connectivity index (χ3n) is 2.76. The lowest BCUT2D eigenvalue weighted by molar-refractivity contribution is 0.0687. The van der Waals surface area contributed by atoms with Crippen molar-refractivity contribution < 1.29 is 14.7 Å². The summed E-state index contributed by atoms with van der Waals surface area (Å²) >= 11 is 0.977. The Morgan fingerprint density at radius 2 is 2.14 bits per heavy atom. The number of hydrogen-bond donors (Lipinski definition) is 2. The fourth-order valence-corrected chi connectivity index (χ4v) is 2.56. The van der Waals surface area contributed by atoms with Crippen molar-refractivity contribution in [3.05, 3.63) is 39.9 Å². The van der Waals surface area contributed by atoms with Gasteiger partial charge in [-0.25, -0.2) is 9.78 Å². The van der Waals surface area contributed by atoms with Crippen LogP contribution in [0.15, 0.2) is 18.2 Å². The highest BCUT2D eigenvalue weighted by molar-refractivity contribution is 7.17. The van der Waals surface area contributed by atoms with Gasteiger partial charge in [-0.05, 0) is 24.6 Å². The minimum Gasteiger partial charge on any atom is -0.476 e. The van der Waals surface area contributed by atoms with Crippen molar-refractivity contribution in [2.45, 2.75) is 13.8 Å². The number of Topliss-reactive ketones (excluding diaryl/α,β-unsaturated/α-hetero) is 1. The van der Waals surface area contributed by atoms with E-state index in [9.17, 15) is 9.59 Å². The Morgan fingerprint density at radius 3 is 2.67 bits per heavy atom. The zero-order chi connectivity index (χ0) is 15.6. The molecule has 6 nitrogen and oxygen atoms in total. The number of aryl methyl sites for hydroxylation is 1. The van der Waals surface area contributed by atoms with E-state index >= 15 is 0 Å². The molecule has 0 aliphatic carbocycles. The van der Waals surface area contributed by atoms with E-state index in [1.165, 1.54) is 6.92 Å². The van der Waals surface area contributed by atoms with Crippen molar-refractivity contribution >= 4 is 33.9 Å². The molecule has 0 radical (unpaired) electrons. The second-order valence-corrected chi connectivity index (χ2v) is 5.32. The van der Waals surface area contributed by atoms with Crippen molar-refractivity contribution in [1.29, 1.82) is 5.26 Å². The standard InChI is InChI=1S/C14H11N3O3S/c1-7-3-4-9(6-15)5-10(7)16-14-17-11(13(19)20)12(21-14)8(2)18/h3-5H,1-2H3,(H,16,17)(H,19,20). The number of nitrogens with zero attached hydrogens (tertiary/aromatic N) is 2. The fourth-order valence-electron chi connectivity index (χ4n) is 1.70. The summed E-state index contributed by atoms with van der Waals surface area (Å²) in [4.78, 5) is 26.5. The first-order chi connectivity index (χ1) is 9.92. The second-order valence-electron chi connectivity index (χ2n) is 4.32. The van der Waals surface area contributed by atoms with Crippen LogP contribution in [0.3, 0.4) is 0 Å². The number of carboxylic acid groups (broad SMARTS) is 1. The van der Waals surface area contributed by atoms with Crippen LogP contribution in [0.4, 0.5) is 10.8 Å². The molecule has 0 saturated heterocycles. The number of thiazole rings is 1. The summed E-state index contributed by atoms with van der Waals surface area (Å²) in [7, 11) is 0. The van der Waals surface area contributed by atoms with Crippen LogP contribution in [0.5, 0.6) is 0 Å². The molecule has 0 bridgehead atoms. The quantitative estimate of drug-likeness (QED) is 0.841. The number of aromatic carboxylic acids is 1. The molecule has 0 amide bonds. The SMILES string of the molecule is CC(=O)c1sc(Nc2cc(C#N)ccc2C)nc1C(=O)O. The van der Waals surface area contributed by atoms with Crippen molar-refractivity contribution in [3.63, 3.8) is 0 Å². The minimum atomic E-state index is -1.24. The zero-order valence-electron chi connectivity index (χ0n) is 11.3. The lowest BCUT2D eigenvalue weighted by atomic mass is 10.1. The topological polar surface area (TPSA) is 103 Å². The molecule has 0 saturated carbocycles. The zero-order valence-corrected chi connectivity index (χ0v) is 12.1. The van der Waals surface area contributed by atoms with Crippen LogP contribution in [-0.2, 0) is 0 Å². The van der Waals surface area contributed by atoms with E-state index in [4.69, 9.17) is 10.4 Å². The van der Waals surface area contributed by atoms with Crippen LogP contribution < -0.4 is 5.32 Å². The number of carbonyl (C=O) groups excluding carboxylic acids is 1. The Hall–Kier alpha value is -2.72. The van der Waals surface area contributed by atoms with Crippen molar-refractivity contribution in [2.75, 3.05) is 5.32 Å². The molecule has 106 valence electrons. The molecule has 1 heterocycles. The third-order valence-corrected chi connectivity index (χ3v) is 3.83. The smallest absolute Gasteiger partial charge is 0.356 e. The molecule has 7 heteroatoms. The van der Waals surface area contributed by atoms with Crippen molar-refractivity contribution in [2.24, 2.45) is 0 Å². The largest absolute Gasteiger partial charge is 0.476 e. The summed E-state index contributed by atoms with van der Waals surface area (Å²) < 4.78 is 0. The first kappa shape index (κ1) is 14.7. The van der Waals surface area contributed by atoms with E-state index in [2.05, 4.69) is 10.3 Å². The maximum absolute atomic E-state index is 11.4. The van der Waals surface area contributed by atoms with Gasteiger partial charge in [0.25, 0.3) is 0 Å². The Labute approximate surface area is 124 Å².